The molecule has 1 saturated heterocycles. The molecule has 2 atom stereocenters. The van der Waals surface area contributed by atoms with Crippen LogP contribution in [0, 0.1) is 5.92 Å². The zero-order valence-corrected chi connectivity index (χ0v) is 10.7. The van der Waals surface area contributed by atoms with Gasteiger partial charge in [-0.2, -0.15) is 15.0 Å². The van der Waals surface area contributed by atoms with Crippen molar-refractivity contribution < 1.29 is 8.42 Å². The fourth-order valence-corrected chi connectivity index (χ4v) is 4.53. The summed E-state index contributed by atoms with van der Waals surface area (Å²) in [4.78, 5) is 1.47. The smallest absolute Gasteiger partial charge is 0.150 e. The molecule has 0 radical (unpaired) electrons. The van der Waals surface area contributed by atoms with Gasteiger partial charge in [-0.15, -0.1) is 0 Å². The van der Waals surface area contributed by atoms with Crippen LogP contribution in [0.1, 0.15) is 16.9 Å². The average molecular weight is 294 g/mol. The molecule has 0 bridgehead atoms. The summed E-state index contributed by atoms with van der Waals surface area (Å²) in [5.74, 6) is 0.659. The van der Waals surface area contributed by atoms with Gasteiger partial charge in [0.05, 0.1) is 28.2 Å². The molecule has 0 aliphatic carbocycles. The number of hydrogen-bond acceptors (Lipinski definition) is 4. The summed E-state index contributed by atoms with van der Waals surface area (Å²) < 4.78 is 22.6. The van der Waals surface area contributed by atoms with E-state index in [2.05, 4.69) is 26.1 Å². The van der Waals surface area contributed by atoms with Crippen LogP contribution in [0.5, 0.6) is 0 Å². The van der Waals surface area contributed by atoms with Gasteiger partial charge in [-0.3, -0.25) is 0 Å². The van der Waals surface area contributed by atoms with Crippen molar-refractivity contribution in [3.63, 3.8) is 0 Å². The topological polar surface area (TPSA) is 64.8 Å². The highest BCUT2D eigenvalue weighted by atomic mass is 79.9. The molecule has 2 rings (SSSR count). The van der Waals surface area contributed by atoms with Crippen LogP contribution in [0.4, 0.5) is 0 Å². The van der Waals surface area contributed by atoms with E-state index in [4.69, 9.17) is 0 Å². The van der Waals surface area contributed by atoms with E-state index in [9.17, 15) is 8.42 Å². The summed E-state index contributed by atoms with van der Waals surface area (Å²) in [6, 6.07) is 0. The summed E-state index contributed by atoms with van der Waals surface area (Å²) in [6.07, 6.45) is 2.37. The van der Waals surface area contributed by atoms with E-state index >= 15 is 0 Å². The normalized spacial score (nSPS) is 26.7. The number of sulfone groups is 1. The Morgan fingerprint density at radius 1 is 1.67 bits per heavy atom. The number of hydrogen-bond donors (Lipinski definition) is 0. The molecule has 1 aromatic rings. The minimum atomic E-state index is -2.83. The van der Waals surface area contributed by atoms with Crippen molar-refractivity contribution in [2.75, 3.05) is 11.5 Å². The Bertz CT molecular complexity index is 456. The molecular formula is C8H12BrN3O2S. The lowest BCUT2D eigenvalue weighted by Gasteiger charge is -2.12. The van der Waals surface area contributed by atoms with E-state index in [-0.39, 0.29) is 16.5 Å². The fraction of sp³-hybridized carbons (Fsp3) is 0.750. The zero-order valence-electron chi connectivity index (χ0n) is 8.30. The largest absolute Gasteiger partial charge is 0.229 e. The molecule has 1 aliphatic rings. The van der Waals surface area contributed by atoms with Gasteiger partial charge in [0.1, 0.15) is 0 Å². The molecule has 7 heteroatoms. The van der Waals surface area contributed by atoms with Crippen molar-refractivity contribution in [3.8, 4) is 0 Å². The summed E-state index contributed by atoms with van der Waals surface area (Å²) >= 11 is 3.50. The Labute approximate surface area is 96.9 Å². The van der Waals surface area contributed by atoms with Crippen molar-refractivity contribution in [2.45, 2.75) is 11.2 Å². The van der Waals surface area contributed by atoms with Gasteiger partial charge in [0.15, 0.2) is 9.84 Å². The predicted octanol–water partition coefficient (Wildman–Crippen LogP) is 0.686. The molecule has 1 aromatic heterocycles. The molecule has 5 nitrogen and oxygen atoms in total. The van der Waals surface area contributed by atoms with Gasteiger partial charge < -0.3 is 0 Å². The minimum absolute atomic E-state index is 0.0107. The third-order valence-electron chi connectivity index (χ3n) is 2.58. The third-order valence-corrected chi connectivity index (χ3v) is 5.59. The lowest BCUT2D eigenvalue weighted by atomic mass is 10.0. The highest BCUT2D eigenvalue weighted by Gasteiger charge is 2.34. The maximum atomic E-state index is 11.3. The van der Waals surface area contributed by atoms with Crippen molar-refractivity contribution in [1.82, 2.24) is 15.0 Å². The SMILES string of the molecule is Cn1ncc(C(Br)C2CCS(=O)(=O)C2)n1. The van der Waals surface area contributed by atoms with Crippen molar-refractivity contribution in [2.24, 2.45) is 13.0 Å². The van der Waals surface area contributed by atoms with E-state index in [1.807, 2.05) is 0 Å². The van der Waals surface area contributed by atoms with Gasteiger partial charge in [-0.1, -0.05) is 15.9 Å². The van der Waals surface area contributed by atoms with Gasteiger partial charge in [0.2, 0.25) is 0 Å². The Kier molecular flexibility index (Phi) is 2.85. The summed E-state index contributed by atoms with van der Waals surface area (Å²) in [5, 5.41) is 8.14. The zero-order chi connectivity index (χ0) is 11.1. The van der Waals surface area contributed by atoms with Crippen LogP contribution in [0.25, 0.3) is 0 Å². The Hall–Kier alpha value is -0.430. The highest BCUT2D eigenvalue weighted by Crippen LogP contribution is 2.36. The molecule has 0 saturated carbocycles. The number of aryl methyl sites for hydroxylation is 1. The Balaban J connectivity index is 2.13. The second-order valence-electron chi connectivity index (χ2n) is 3.82. The first-order chi connectivity index (χ1) is 6.98. The van der Waals surface area contributed by atoms with Crippen LogP contribution in [-0.4, -0.2) is 34.9 Å². The Morgan fingerprint density at radius 3 is 2.87 bits per heavy atom. The molecule has 84 valence electrons. The summed E-state index contributed by atoms with van der Waals surface area (Å²) in [5.41, 5.74) is 0.805. The van der Waals surface area contributed by atoms with Gasteiger partial charge >= 0.3 is 0 Å². The molecule has 0 spiro atoms. The first-order valence-corrected chi connectivity index (χ1v) is 7.42. The maximum Gasteiger partial charge on any atom is 0.150 e. The molecule has 1 fully saturated rings. The molecule has 1 aliphatic heterocycles. The minimum Gasteiger partial charge on any atom is -0.229 e. The fourth-order valence-electron chi connectivity index (χ4n) is 1.78. The number of halogens is 1. The molecular weight excluding hydrogens is 282 g/mol. The van der Waals surface area contributed by atoms with E-state index in [0.29, 0.717) is 12.2 Å². The lowest BCUT2D eigenvalue weighted by Crippen LogP contribution is -2.10. The maximum absolute atomic E-state index is 11.3. The van der Waals surface area contributed by atoms with Gasteiger partial charge in [-0.05, 0) is 12.3 Å². The first kappa shape index (κ1) is 11.1. The highest BCUT2D eigenvalue weighted by molar-refractivity contribution is 9.09. The average Bonchev–Trinajstić information content (AvgIpc) is 2.71. The van der Waals surface area contributed by atoms with Gasteiger partial charge in [0.25, 0.3) is 0 Å². The van der Waals surface area contributed by atoms with Crippen LogP contribution in [0.2, 0.25) is 0 Å². The number of alkyl halides is 1. The molecule has 2 unspecified atom stereocenters. The molecule has 0 amide bonds. The van der Waals surface area contributed by atoms with E-state index in [1.165, 1.54) is 4.80 Å². The van der Waals surface area contributed by atoms with Gasteiger partial charge in [0, 0.05) is 7.05 Å². The lowest BCUT2D eigenvalue weighted by molar-refractivity contribution is 0.563. The number of rotatable bonds is 2. The summed E-state index contributed by atoms with van der Waals surface area (Å²) in [6.45, 7) is 0. The second-order valence-corrected chi connectivity index (χ2v) is 7.04. The van der Waals surface area contributed by atoms with Crippen LogP contribution in [0.15, 0.2) is 6.20 Å². The standard InChI is InChI=1S/C8H12BrN3O2S/c1-12-10-4-7(11-12)8(9)6-2-3-15(13,14)5-6/h4,6,8H,2-3,5H2,1H3. The molecule has 0 N–H and O–H groups in total. The van der Waals surface area contributed by atoms with Crippen LogP contribution < -0.4 is 0 Å². The van der Waals surface area contributed by atoms with Crippen LogP contribution >= 0.6 is 15.9 Å². The third kappa shape index (κ3) is 2.39. The van der Waals surface area contributed by atoms with Crippen molar-refractivity contribution >= 4 is 25.8 Å². The molecule has 0 aromatic carbocycles. The van der Waals surface area contributed by atoms with Crippen LogP contribution in [0.3, 0.4) is 0 Å². The molecule has 15 heavy (non-hydrogen) atoms. The van der Waals surface area contributed by atoms with E-state index in [0.717, 1.165) is 5.69 Å². The summed E-state index contributed by atoms with van der Waals surface area (Å²) in [7, 11) is -1.08. The predicted molar refractivity (Wildman–Crippen MR) is 59.4 cm³/mol. The first-order valence-electron chi connectivity index (χ1n) is 4.69. The molecule has 2 heterocycles. The van der Waals surface area contributed by atoms with Crippen molar-refractivity contribution in [3.05, 3.63) is 11.9 Å². The van der Waals surface area contributed by atoms with Crippen molar-refractivity contribution in [1.29, 1.82) is 0 Å². The van der Waals surface area contributed by atoms with E-state index < -0.39 is 9.84 Å². The Morgan fingerprint density at radius 2 is 2.40 bits per heavy atom. The monoisotopic (exact) mass is 293 g/mol. The quantitative estimate of drug-likeness (QED) is 0.753. The van der Waals surface area contributed by atoms with E-state index in [1.54, 1.807) is 13.2 Å². The van der Waals surface area contributed by atoms with Crippen LogP contribution in [-0.2, 0) is 16.9 Å². The number of nitrogens with zero attached hydrogens (tertiary/aromatic N) is 3. The second kappa shape index (κ2) is 3.86. The van der Waals surface area contributed by atoms with Gasteiger partial charge in [-0.25, -0.2) is 8.42 Å². The number of aromatic nitrogens is 3.